The van der Waals surface area contributed by atoms with Gasteiger partial charge in [0, 0.05) is 31.7 Å². The average molecular weight is 363 g/mol. The van der Waals surface area contributed by atoms with Crippen molar-refractivity contribution in [3.05, 3.63) is 30.3 Å². The van der Waals surface area contributed by atoms with Gasteiger partial charge in [-0.05, 0) is 0 Å². The second-order valence-corrected chi connectivity index (χ2v) is 5.49. The lowest BCUT2D eigenvalue weighted by Gasteiger charge is -2.25. The van der Waals surface area contributed by atoms with Crippen molar-refractivity contribution in [2.45, 2.75) is 0 Å². The highest BCUT2D eigenvalue weighted by Gasteiger charge is 2.17. The highest BCUT2D eigenvalue weighted by molar-refractivity contribution is 5.58. The van der Waals surface area contributed by atoms with Gasteiger partial charge >= 0.3 is 0 Å². The molecule has 4 N–H and O–H groups in total. The Labute approximate surface area is 152 Å². The number of aliphatic hydroxyl groups excluding tert-OH is 4. The number of anilines is 2. The van der Waals surface area contributed by atoms with Gasteiger partial charge in [-0.25, -0.2) is 0 Å². The van der Waals surface area contributed by atoms with Gasteiger partial charge in [0.15, 0.2) is 5.82 Å². The SMILES string of the molecule is OCCN(CCO)c1nc(-c2ccccc2)nc(N(CCO)CCO)n1. The van der Waals surface area contributed by atoms with Crippen LogP contribution in [-0.4, -0.2) is 88.0 Å². The van der Waals surface area contributed by atoms with Gasteiger partial charge < -0.3 is 30.2 Å². The van der Waals surface area contributed by atoms with Gasteiger partial charge in [0.05, 0.1) is 26.4 Å². The second-order valence-electron chi connectivity index (χ2n) is 5.49. The van der Waals surface area contributed by atoms with E-state index in [1.54, 1.807) is 9.80 Å². The molecule has 2 rings (SSSR count). The summed E-state index contributed by atoms with van der Waals surface area (Å²) in [6, 6.07) is 9.37. The molecule has 9 nitrogen and oxygen atoms in total. The summed E-state index contributed by atoms with van der Waals surface area (Å²) in [5.74, 6) is 1.07. The molecule has 26 heavy (non-hydrogen) atoms. The number of hydrogen-bond acceptors (Lipinski definition) is 9. The number of hydrogen-bond donors (Lipinski definition) is 4. The van der Waals surface area contributed by atoms with Crippen LogP contribution in [0.25, 0.3) is 11.4 Å². The minimum absolute atomic E-state index is 0.112. The molecular weight excluding hydrogens is 338 g/mol. The monoisotopic (exact) mass is 363 g/mol. The van der Waals surface area contributed by atoms with Crippen LogP contribution in [0.5, 0.6) is 0 Å². The van der Waals surface area contributed by atoms with Crippen LogP contribution in [0.2, 0.25) is 0 Å². The molecule has 0 bridgehead atoms. The number of aliphatic hydroxyl groups is 4. The van der Waals surface area contributed by atoms with Crippen LogP contribution < -0.4 is 9.80 Å². The zero-order chi connectivity index (χ0) is 18.8. The predicted octanol–water partition coefficient (Wildman–Crippen LogP) is -0.879. The minimum atomic E-state index is -0.112. The summed E-state index contributed by atoms with van der Waals surface area (Å²) < 4.78 is 0. The first-order valence-electron chi connectivity index (χ1n) is 8.48. The first-order valence-corrected chi connectivity index (χ1v) is 8.48. The van der Waals surface area contributed by atoms with Crippen molar-refractivity contribution in [2.24, 2.45) is 0 Å². The van der Waals surface area contributed by atoms with Crippen LogP contribution in [0.15, 0.2) is 30.3 Å². The van der Waals surface area contributed by atoms with E-state index in [0.717, 1.165) is 5.56 Å². The minimum Gasteiger partial charge on any atom is -0.395 e. The third-order valence-corrected chi connectivity index (χ3v) is 3.69. The lowest BCUT2D eigenvalue weighted by molar-refractivity contribution is 0.279. The van der Waals surface area contributed by atoms with E-state index < -0.39 is 0 Å². The Balaban J connectivity index is 2.50. The third kappa shape index (κ3) is 5.33. The predicted molar refractivity (Wildman–Crippen MR) is 98.0 cm³/mol. The van der Waals surface area contributed by atoms with Crippen LogP contribution in [0, 0.1) is 0 Å². The summed E-state index contributed by atoms with van der Waals surface area (Å²) in [6.45, 7) is 0.599. The molecule has 0 fully saturated rings. The molecule has 0 aliphatic rings. The molecular formula is C17H25N5O4. The largest absolute Gasteiger partial charge is 0.395 e. The molecule has 0 atom stereocenters. The van der Waals surface area contributed by atoms with E-state index in [1.807, 2.05) is 30.3 Å². The van der Waals surface area contributed by atoms with Crippen LogP contribution in [0.1, 0.15) is 0 Å². The second kappa shape index (κ2) is 10.6. The molecule has 0 amide bonds. The first kappa shape index (κ1) is 20.0. The maximum Gasteiger partial charge on any atom is 0.230 e. The van der Waals surface area contributed by atoms with Crippen molar-refractivity contribution in [3.63, 3.8) is 0 Å². The summed E-state index contributed by atoms with van der Waals surface area (Å²) in [7, 11) is 0. The Bertz CT molecular complexity index is 613. The summed E-state index contributed by atoms with van der Waals surface area (Å²) in [5.41, 5.74) is 0.790. The zero-order valence-electron chi connectivity index (χ0n) is 14.6. The van der Waals surface area contributed by atoms with Gasteiger partial charge in [0.25, 0.3) is 0 Å². The molecule has 0 aliphatic heterocycles. The molecule has 0 saturated heterocycles. The molecule has 0 saturated carbocycles. The van der Waals surface area contributed by atoms with Gasteiger partial charge in [0.1, 0.15) is 0 Å². The van der Waals surface area contributed by atoms with Crippen LogP contribution in [0.3, 0.4) is 0 Å². The van der Waals surface area contributed by atoms with E-state index in [9.17, 15) is 20.4 Å². The average Bonchev–Trinajstić information content (AvgIpc) is 2.68. The maximum atomic E-state index is 9.29. The third-order valence-electron chi connectivity index (χ3n) is 3.69. The molecule has 1 aromatic heterocycles. The molecule has 0 radical (unpaired) electrons. The van der Waals surface area contributed by atoms with Crippen molar-refractivity contribution >= 4 is 11.9 Å². The van der Waals surface area contributed by atoms with Crippen molar-refractivity contribution in [2.75, 3.05) is 62.4 Å². The van der Waals surface area contributed by atoms with Crippen LogP contribution >= 0.6 is 0 Å². The highest BCUT2D eigenvalue weighted by Crippen LogP contribution is 2.21. The molecule has 2 aromatic rings. The normalized spacial score (nSPS) is 10.8. The van der Waals surface area contributed by atoms with Crippen molar-refractivity contribution in [1.29, 1.82) is 0 Å². The van der Waals surface area contributed by atoms with Crippen LogP contribution in [0.4, 0.5) is 11.9 Å². The fourth-order valence-electron chi connectivity index (χ4n) is 2.46. The van der Waals surface area contributed by atoms with Crippen LogP contribution in [-0.2, 0) is 0 Å². The lowest BCUT2D eigenvalue weighted by Crippen LogP contribution is -2.34. The van der Waals surface area contributed by atoms with Gasteiger partial charge in [-0.2, -0.15) is 15.0 Å². The highest BCUT2D eigenvalue weighted by atomic mass is 16.3. The molecule has 9 heteroatoms. The van der Waals surface area contributed by atoms with E-state index in [0.29, 0.717) is 17.7 Å². The quantitative estimate of drug-likeness (QED) is 0.402. The molecule has 0 aliphatic carbocycles. The maximum absolute atomic E-state index is 9.29. The summed E-state index contributed by atoms with van der Waals surface area (Å²) in [5, 5.41) is 37.1. The Morgan fingerprint density at radius 3 is 1.42 bits per heavy atom. The number of nitrogens with zero attached hydrogens (tertiary/aromatic N) is 5. The van der Waals surface area contributed by atoms with E-state index >= 15 is 0 Å². The van der Waals surface area contributed by atoms with Gasteiger partial charge in [-0.15, -0.1) is 0 Å². The smallest absolute Gasteiger partial charge is 0.230 e. The standard InChI is InChI=1S/C17H25N5O4/c23-10-6-21(7-11-24)16-18-15(14-4-2-1-3-5-14)19-17(20-16)22(8-12-25)9-13-26/h1-5,23-26H,6-13H2. The Morgan fingerprint density at radius 1 is 0.615 bits per heavy atom. The first-order chi connectivity index (χ1) is 12.7. The Morgan fingerprint density at radius 2 is 1.04 bits per heavy atom. The Kier molecular flexibility index (Phi) is 8.16. The molecule has 0 unspecified atom stereocenters. The van der Waals surface area contributed by atoms with Crippen molar-refractivity contribution < 1.29 is 20.4 Å². The lowest BCUT2D eigenvalue weighted by atomic mass is 10.2. The molecule has 0 spiro atoms. The summed E-state index contributed by atoms with van der Waals surface area (Å²) in [4.78, 5) is 16.7. The van der Waals surface area contributed by atoms with Gasteiger partial charge in [-0.1, -0.05) is 30.3 Å². The topological polar surface area (TPSA) is 126 Å². The van der Waals surface area contributed by atoms with Crippen molar-refractivity contribution in [3.8, 4) is 11.4 Å². The summed E-state index contributed by atoms with van der Waals surface area (Å²) >= 11 is 0. The molecule has 1 aromatic carbocycles. The Hall–Kier alpha value is -2.33. The number of aromatic nitrogens is 3. The fourth-order valence-corrected chi connectivity index (χ4v) is 2.46. The van der Waals surface area contributed by atoms with E-state index in [2.05, 4.69) is 15.0 Å². The van der Waals surface area contributed by atoms with E-state index in [-0.39, 0.29) is 52.6 Å². The van der Waals surface area contributed by atoms with Gasteiger partial charge in [0.2, 0.25) is 11.9 Å². The zero-order valence-corrected chi connectivity index (χ0v) is 14.6. The van der Waals surface area contributed by atoms with E-state index in [4.69, 9.17) is 0 Å². The van der Waals surface area contributed by atoms with E-state index in [1.165, 1.54) is 0 Å². The fraction of sp³-hybridized carbons (Fsp3) is 0.471. The number of rotatable bonds is 11. The molecule has 1 heterocycles. The van der Waals surface area contributed by atoms with Crippen molar-refractivity contribution in [1.82, 2.24) is 15.0 Å². The van der Waals surface area contributed by atoms with Gasteiger partial charge in [-0.3, -0.25) is 0 Å². The molecule has 142 valence electrons. The number of benzene rings is 1. The summed E-state index contributed by atoms with van der Waals surface area (Å²) in [6.07, 6.45) is 0.